The number of amides is 2. The van der Waals surface area contributed by atoms with Crippen LogP contribution in [0.1, 0.15) is 29.8 Å². The second-order valence-electron chi connectivity index (χ2n) is 4.46. The van der Waals surface area contributed by atoms with Crippen molar-refractivity contribution in [3.63, 3.8) is 0 Å². The van der Waals surface area contributed by atoms with Gasteiger partial charge in [-0.2, -0.15) is 5.10 Å². The SMILES string of the molecule is Cn1nccc1C(=O)NCC(=O)N1CCCCC1. The molecule has 2 amide bonds. The van der Waals surface area contributed by atoms with Crippen molar-refractivity contribution in [3.05, 3.63) is 18.0 Å². The Morgan fingerprint density at radius 2 is 2.06 bits per heavy atom. The van der Waals surface area contributed by atoms with Crippen molar-refractivity contribution in [2.24, 2.45) is 7.05 Å². The van der Waals surface area contributed by atoms with Crippen LogP contribution < -0.4 is 5.32 Å². The first-order valence-corrected chi connectivity index (χ1v) is 6.22. The Morgan fingerprint density at radius 3 is 2.67 bits per heavy atom. The van der Waals surface area contributed by atoms with Gasteiger partial charge in [-0.3, -0.25) is 14.3 Å². The molecule has 0 saturated carbocycles. The van der Waals surface area contributed by atoms with Gasteiger partial charge < -0.3 is 10.2 Å². The molecule has 1 aliphatic rings. The summed E-state index contributed by atoms with van der Waals surface area (Å²) in [5.41, 5.74) is 0.460. The lowest BCUT2D eigenvalue weighted by Crippen LogP contribution is -2.42. The Hall–Kier alpha value is -1.85. The number of likely N-dealkylation sites (tertiary alicyclic amines) is 1. The second kappa shape index (κ2) is 5.66. The fraction of sp³-hybridized carbons (Fsp3) is 0.583. The van der Waals surface area contributed by atoms with Crippen molar-refractivity contribution in [1.29, 1.82) is 0 Å². The highest BCUT2D eigenvalue weighted by Gasteiger charge is 2.17. The first kappa shape index (κ1) is 12.6. The molecule has 0 bridgehead atoms. The van der Waals surface area contributed by atoms with Gasteiger partial charge in [0.1, 0.15) is 5.69 Å². The van der Waals surface area contributed by atoms with Crippen LogP contribution in [-0.4, -0.2) is 46.1 Å². The molecule has 1 N–H and O–H groups in total. The van der Waals surface area contributed by atoms with Crippen LogP contribution in [0.4, 0.5) is 0 Å². The van der Waals surface area contributed by atoms with Gasteiger partial charge >= 0.3 is 0 Å². The Labute approximate surface area is 106 Å². The minimum absolute atomic E-state index is 0.00906. The molecule has 1 fully saturated rings. The topological polar surface area (TPSA) is 67.2 Å². The number of hydrogen-bond donors (Lipinski definition) is 1. The molecule has 0 aliphatic carbocycles. The van der Waals surface area contributed by atoms with E-state index in [9.17, 15) is 9.59 Å². The summed E-state index contributed by atoms with van der Waals surface area (Å²) in [5, 5.41) is 6.55. The van der Waals surface area contributed by atoms with Crippen LogP contribution >= 0.6 is 0 Å². The van der Waals surface area contributed by atoms with Crippen molar-refractivity contribution in [1.82, 2.24) is 20.0 Å². The van der Waals surface area contributed by atoms with Gasteiger partial charge in [-0.15, -0.1) is 0 Å². The summed E-state index contributed by atoms with van der Waals surface area (Å²) in [5.74, 6) is -0.273. The van der Waals surface area contributed by atoms with E-state index in [1.54, 1.807) is 19.3 Å². The number of piperidine rings is 1. The highest BCUT2D eigenvalue weighted by atomic mass is 16.2. The lowest BCUT2D eigenvalue weighted by Gasteiger charge is -2.26. The van der Waals surface area contributed by atoms with Crippen molar-refractivity contribution in [3.8, 4) is 0 Å². The largest absolute Gasteiger partial charge is 0.342 e. The zero-order valence-electron chi connectivity index (χ0n) is 10.6. The number of rotatable bonds is 3. The molecule has 2 heterocycles. The molecule has 18 heavy (non-hydrogen) atoms. The summed E-state index contributed by atoms with van der Waals surface area (Å²) in [6.45, 7) is 1.67. The number of carbonyl (C=O) groups excluding carboxylic acids is 2. The third-order valence-corrected chi connectivity index (χ3v) is 3.16. The van der Waals surface area contributed by atoms with Gasteiger partial charge in [0.2, 0.25) is 5.91 Å². The van der Waals surface area contributed by atoms with E-state index in [2.05, 4.69) is 10.4 Å². The summed E-state index contributed by atoms with van der Waals surface area (Å²) in [6.07, 6.45) is 4.86. The zero-order chi connectivity index (χ0) is 13.0. The van der Waals surface area contributed by atoms with Crippen LogP contribution in [0.3, 0.4) is 0 Å². The van der Waals surface area contributed by atoms with Gasteiger partial charge in [-0.1, -0.05) is 0 Å². The third-order valence-electron chi connectivity index (χ3n) is 3.16. The number of nitrogens with zero attached hydrogens (tertiary/aromatic N) is 3. The second-order valence-corrected chi connectivity index (χ2v) is 4.46. The van der Waals surface area contributed by atoms with Gasteiger partial charge in [0.25, 0.3) is 5.91 Å². The number of aromatic nitrogens is 2. The first-order valence-electron chi connectivity index (χ1n) is 6.22. The standard InChI is InChI=1S/C12H18N4O2/c1-15-10(5-6-14-15)12(18)13-9-11(17)16-7-3-2-4-8-16/h5-6H,2-4,7-9H2,1H3,(H,13,18). The lowest BCUT2D eigenvalue weighted by molar-refractivity contribution is -0.130. The summed E-state index contributed by atoms with van der Waals surface area (Å²) in [4.78, 5) is 25.4. The van der Waals surface area contributed by atoms with Crippen LogP contribution in [0.2, 0.25) is 0 Å². The van der Waals surface area contributed by atoms with E-state index in [-0.39, 0.29) is 18.4 Å². The minimum Gasteiger partial charge on any atom is -0.342 e. The highest BCUT2D eigenvalue weighted by molar-refractivity contribution is 5.95. The fourth-order valence-corrected chi connectivity index (χ4v) is 2.10. The normalized spacial score (nSPS) is 15.5. The first-order chi connectivity index (χ1) is 8.68. The van der Waals surface area contributed by atoms with Crippen molar-refractivity contribution >= 4 is 11.8 Å². The average molecular weight is 250 g/mol. The Bertz CT molecular complexity index is 435. The van der Waals surface area contributed by atoms with Gasteiger partial charge in [0.05, 0.1) is 6.54 Å². The monoisotopic (exact) mass is 250 g/mol. The molecule has 2 rings (SSSR count). The summed E-state index contributed by atoms with van der Waals surface area (Å²) in [6, 6.07) is 1.63. The minimum atomic E-state index is -0.264. The van der Waals surface area contributed by atoms with Crippen LogP contribution in [0, 0.1) is 0 Å². The molecule has 0 aromatic carbocycles. The van der Waals surface area contributed by atoms with E-state index in [0.717, 1.165) is 25.9 Å². The van der Waals surface area contributed by atoms with Gasteiger partial charge in [-0.25, -0.2) is 0 Å². The number of aryl methyl sites for hydroxylation is 1. The highest BCUT2D eigenvalue weighted by Crippen LogP contribution is 2.08. The van der Waals surface area contributed by atoms with E-state index in [1.165, 1.54) is 11.1 Å². The van der Waals surface area contributed by atoms with E-state index in [1.807, 2.05) is 4.90 Å². The maximum absolute atomic E-state index is 11.8. The molecule has 1 saturated heterocycles. The Balaban J connectivity index is 1.82. The van der Waals surface area contributed by atoms with Gasteiger partial charge in [0, 0.05) is 26.3 Å². The molecule has 1 aromatic heterocycles. The van der Waals surface area contributed by atoms with Crippen LogP contribution in [0.15, 0.2) is 12.3 Å². The van der Waals surface area contributed by atoms with Gasteiger partial charge in [-0.05, 0) is 25.3 Å². The van der Waals surface area contributed by atoms with Crippen LogP contribution in [-0.2, 0) is 11.8 Å². The molecule has 0 radical (unpaired) electrons. The van der Waals surface area contributed by atoms with Crippen LogP contribution in [0.25, 0.3) is 0 Å². The maximum atomic E-state index is 11.8. The fourth-order valence-electron chi connectivity index (χ4n) is 2.10. The molecule has 6 nitrogen and oxygen atoms in total. The quantitative estimate of drug-likeness (QED) is 0.831. The Morgan fingerprint density at radius 1 is 1.33 bits per heavy atom. The Kier molecular flexibility index (Phi) is 3.96. The van der Waals surface area contributed by atoms with E-state index in [4.69, 9.17) is 0 Å². The molecule has 6 heteroatoms. The van der Waals surface area contributed by atoms with Crippen LogP contribution in [0.5, 0.6) is 0 Å². The molecule has 0 spiro atoms. The average Bonchev–Trinajstić information content (AvgIpc) is 2.83. The predicted molar refractivity (Wildman–Crippen MR) is 66.0 cm³/mol. The smallest absolute Gasteiger partial charge is 0.269 e. The number of hydrogen-bond acceptors (Lipinski definition) is 3. The van der Waals surface area contributed by atoms with E-state index < -0.39 is 0 Å². The maximum Gasteiger partial charge on any atom is 0.269 e. The molecule has 0 atom stereocenters. The molecule has 1 aliphatic heterocycles. The zero-order valence-corrected chi connectivity index (χ0v) is 10.6. The number of nitrogens with one attached hydrogen (secondary N) is 1. The summed E-state index contributed by atoms with van der Waals surface area (Å²) < 4.78 is 1.49. The van der Waals surface area contributed by atoms with Crippen molar-refractivity contribution < 1.29 is 9.59 Å². The molecule has 0 unspecified atom stereocenters. The molecular weight excluding hydrogens is 232 g/mol. The summed E-state index contributed by atoms with van der Waals surface area (Å²) >= 11 is 0. The summed E-state index contributed by atoms with van der Waals surface area (Å²) in [7, 11) is 1.70. The van der Waals surface area contributed by atoms with Gasteiger partial charge in [0.15, 0.2) is 0 Å². The van der Waals surface area contributed by atoms with E-state index in [0.29, 0.717) is 5.69 Å². The van der Waals surface area contributed by atoms with E-state index >= 15 is 0 Å². The number of carbonyl (C=O) groups is 2. The molecular formula is C12H18N4O2. The third kappa shape index (κ3) is 2.88. The molecule has 98 valence electrons. The predicted octanol–water partition coefficient (Wildman–Crippen LogP) is 0.162. The van der Waals surface area contributed by atoms with Crippen molar-refractivity contribution in [2.45, 2.75) is 19.3 Å². The molecule has 1 aromatic rings. The van der Waals surface area contributed by atoms with Crippen molar-refractivity contribution in [2.75, 3.05) is 19.6 Å². The lowest BCUT2D eigenvalue weighted by atomic mass is 10.1.